The summed E-state index contributed by atoms with van der Waals surface area (Å²) < 4.78 is 0. The van der Waals surface area contributed by atoms with Crippen LogP contribution in [0.5, 0.6) is 0 Å². The third kappa shape index (κ3) is 3.32. The van der Waals surface area contributed by atoms with Crippen molar-refractivity contribution in [3.8, 4) is 0 Å². The van der Waals surface area contributed by atoms with Crippen LogP contribution in [0.15, 0.2) is 24.3 Å². The van der Waals surface area contributed by atoms with Crippen LogP contribution in [-0.2, 0) is 9.59 Å². The van der Waals surface area contributed by atoms with Gasteiger partial charge in [0.2, 0.25) is 11.8 Å². The maximum Gasteiger partial charge on any atom is 0.233 e. The van der Waals surface area contributed by atoms with Gasteiger partial charge in [-0.1, -0.05) is 24.3 Å². The third-order valence-electron chi connectivity index (χ3n) is 8.67. The van der Waals surface area contributed by atoms with Crippen molar-refractivity contribution in [2.24, 2.45) is 35.5 Å². The smallest absolute Gasteiger partial charge is 0.233 e. The van der Waals surface area contributed by atoms with E-state index in [9.17, 15) is 9.59 Å². The van der Waals surface area contributed by atoms with Gasteiger partial charge in [0.25, 0.3) is 0 Å². The highest BCUT2D eigenvalue weighted by molar-refractivity contribution is 6.06. The number of hydrogen-bond donors (Lipinski definition) is 2. The molecule has 2 N–H and O–H groups in total. The summed E-state index contributed by atoms with van der Waals surface area (Å²) in [4.78, 5) is 32.9. The fraction of sp³-hybridized carbons (Fsp3) is 0.750. The largest absolute Gasteiger partial charge is 0.301 e. The Morgan fingerprint density at radius 3 is 1.87 bits per heavy atom. The molecule has 6 atom stereocenters. The van der Waals surface area contributed by atoms with Crippen LogP contribution in [0.25, 0.3) is 0 Å². The van der Waals surface area contributed by atoms with Gasteiger partial charge in [-0.25, -0.2) is 0 Å². The highest BCUT2D eigenvalue weighted by atomic mass is 16.2. The van der Waals surface area contributed by atoms with Crippen LogP contribution >= 0.6 is 0 Å². The number of nitrogens with one attached hydrogen (secondary N) is 2. The van der Waals surface area contributed by atoms with E-state index in [1.807, 2.05) is 0 Å². The Morgan fingerprint density at radius 2 is 1.29 bits per heavy atom. The Bertz CT molecular complexity index is 743. The van der Waals surface area contributed by atoms with Gasteiger partial charge < -0.3 is 4.90 Å². The van der Waals surface area contributed by atoms with Crippen molar-refractivity contribution in [1.29, 1.82) is 0 Å². The Labute approximate surface area is 184 Å². The number of hydrogen-bond acceptors (Lipinski definition) is 6. The molecule has 3 heterocycles. The lowest BCUT2D eigenvalue weighted by Gasteiger charge is -2.51. The molecule has 3 saturated heterocycles. The van der Waals surface area contributed by atoms with Crippen molar-refractivity contribution >= 4 is 11.8 Å². The van der Waals surface area contributed by atoms with E-state index in [1.54, 1.807) is 4.90 Å². The van der Waals surface area contributed by atoms with E-state index in [0.717, 1.165) is 58.7 Å². The highest BCUT2D eigenvalue weighted by Crippen LogP contribution is 2.58. The number of amides is 2. The van der Waals surface area contributed by atoms with Gasteiger partial charge in [0, 0.05) is 32.7 Å². The molecule has 0 aromatic rings. The molecule has 7 rings (SSSR count). The summed E-state index contributed by atoms with van der Waals surface area (Å²) in [6, 6.07) is 0. The van der Waals surface area contributed by atoms with Gasteiger partial charge in [0.05, 0.1) is 11.8 Å². The van der Waals surface area contributed by atoms with Crippen molar-refractivity contribution in [2.45, 2.75) is 25.6 Å². The first kappa shape index (κ1) is 20.1. The minimum absolute atomic E-state index is 0.0937. The van der Waals surface area contributed by atoms with E-state index in [4.69, 9.17) is 0 Å². The number of carbonyl (C=O) groups excluding carboxylic acids is 2. The van der Waals surface area contributed by atoms with E-state index in [1.165, 1.54) is 6.42 Å². The monoisotopic (exact) mass is 425 g/mol. The normalized spacial score (nSPS) is 40.3. The summed E-state index contributed by atoms with van der Waals surface area (Å²) >= 11 is 0. The first-order valence-electron chi connectivity index (χ1n) is 12.4. The fourth-order valence-electron chi connectivity index (χ4n) is 6.92. The molecule has 2 amide bonds. The zero-order valence-electron chi connectivity index (χ0n) is 18.3. The van der Waals surface area contributed by atoms with Crippen molar-refractivity contribution in [3.05, 3.63) is 24.3 Å². The van der Waals surface area contributed by atoms with Crippen LogP contribution in [0.2, 0.25) is 0 Å². The molecular weight excluding hydrogens is 390 g/mol. The molecule has 31 heavy (non-hydrogen) atoms. The predicted molar refractivity (Wildman–Crippen MR) is 118 cm³/mol. The molecule has 168 valence electrons. The van der Waals surface area contributed by atoms with Crippen LogP contribution in [0.3, 0.4) is 0 Å². The Hall–Kier alpha value is -1.54. The van der Waals surface area contributed by atoms with Crippen molar-refractivity contribution in [2.75, 3.05) is 52.4 Å². The second-order valence-electron chi connectivity index (χ2n) is 10.2. The van der Waals surface area contributed by atoms with E-state index in [0.29, 0.717) is 24.7 Å². The summed E-state index contributed by atoms with van der Waals surface area (Å²) in [5, 5.41) is 7.11. The number of imide groups is 1. The topological polar surface area (TPSA) is 67.9 Å². The summed E-state index contributed by atoms with van der Waals surface area (Å²) in [5.41, 5.74) is 0. The molecule has 7 heteroatoms. The average molecular weight is 426 g/mol. The molecule has 2 bridgehead atoms. The lowest BCUT2D eigenvalue weighted by atomic mass is 9.50. The quantitative estimate of drug-likeness (QED) is 0.366. The number of piperazine rings is 1. The second-order valence-corrected chi connectivity index (χ2v) is 10.2. The number of nitrogens with zero attached hydrogens (tertiary/aromatic N) is 3. The molecular formula is C24H35N5O2. The molecule has 0 spiro atoms. The van der Waals surface area contributed by atoms with Crippen molar-refractivity contribution in [3.63, 3.8) is 0 Å². The summed E-state index contributed by atoms with van der Waals surface area (Å²) in [7, 11) is 0. The molecule has 6 unspecified atom stereocenters. The molecule has 0 radical (unpaired) electrons. The average Bonchev–Trinajstić information content (AvgIpc) is 3.04. The lowest BCUT2D eigenvalue weighted by Crippen LogP contribution is -2.62. The van der Waals surface area contributed by atoms with Gasteiger partial charge in [-0.15, -0.1) is 0 Å². The van der Waals surface area contributed by atoms with Gasteiger partial charge in [0.15, 0.2) is 0 Å². The van der Waals surface area contributed by atoms with Crippen molar-refractivity contribution in [1.82, 2.24) is 25.3 Å². The van der Waals surface area contributed by atoms with Crippen LogP contribution in [-0.4, -0.2) is 85.2 Å². The van der Waals surface area contributed by atoms with E-state index in [2.05, 4.69) is 44.7 Å². The first-order chi connectivity index (χ1) is 15.2. The van der Waals surface area contributed by atoms with Gasteiger partial charge in [0.1, 0.15) is 6.29 Å². The number of carbonyl (C=O) groups is 2. The van der Waals surface area contributed by atoms with Gasteiger partial charge in [-0.3, -0.25) is 30.0 Å². The lowest BCUT2D eigenvalue weighted by molar-refractivity contribution is -0.140. The Balaban J connectivity index is 0.963. The maximum atomic E-state index is 13.1. The van der Waals surface area contributed by atoms with Crippen LogP contribution in [0, 0.1) is 35.5 Å². The number of unbranched alkanes of at least 4 members (excludes halogenated alkanes) is 1. The Kier molecular flexibility index (Phi) is 5.25. The third-order valence-corrected chi connectivity index (χ3v) is 8.67. The zero-order chi connectivity index (χ0) is 20.9. The standard InChI is InChI=1S/C24H35N5O2/c30-22-20-18-6-7-19(17-5-4-16(17)18)21(20)23(31)29(22)11-2-1-10-27-12-14-28(15-13-27)24-25-8-3-9-26-24/h4-7,16-21,24-26H,1-3,8-15H2. The van der Waals surface area contributed by atoms with Gasteiger partial charge in [-0.2, -0.15) is 0 Å². The predicted octanol–water partition coefficient (Wildman–Crippen LogP) is 0.470. The van der Waals surface area contributed by atoms with Crippen LogP contribution in [0.4, 0.5) is 0 Å². The number of allylic oxidation sites excluding steroid dienone is 4. The van der Waals surface area contributed by atoms with Gasteiger partial charge >= 0.3 is 0 Å². The second kappa shape index (κ2) is 8.10. The van der Waals surface area contributed by atoms with E-state index >= 15 is 0 Å². The highest BCUT2D eigenvalue weighted by Gasteiger charge is 2.62. The fourth-order valence-corrected chi connectivity index (χ4v) is 6.92. The summed E-state index contributed by atoms with van der Waals surface area (Å²) in [6.45, 7) is 8.22. The van der Waals surface area contributed by atoms with Crippen LogP contribution in [0.1, 0.15) is 19.3 Å². The van der Waals surface area contributed by atoms with E-state index < -0.39 is 0 Å². The number of likely N-dealkylation sites (tertiary alicyclic amines) is 1. The maximum absolute atomic E-state index is 13.1. The molecule has 1 saturated carbocycles. The molecule has 3 aliphatic heterocycles. The minimum Gasteiger partial charge on any atom is -0.301 e. The summed E-state index contributed by atoms with van der Waals surface area (Å²) in [6.07, 6.45) is 12.5. The molecule has 0 aromatic heterocycles. The van der Waals surface area contributed by atoms with Crippen molar-refractivity contribution < 1.29 is 9.59 Å². The number of rotatable bonds is 6. The minimum atomic E-state index is -0.0937. The summed E-state index contributed by atoms with van der Waals surface area (Å²) in [5.74, 6) is 1.50. The molecule has 7 aliphatic rings. The molecule has 4 aliphatic carbocycles. The SMILES string of the molecule is O=C1C2C3C=CC(C4C=CC43)C2C(=O)N1CCCCN1CCN(C2NCCCN2)CC1. The van der Waals surface area contributed by atoms with Gasteiger partial charge in [-0.05, 0) is 62.6 Å². The molecule has 0 aromatic carbocycles. The Morgan fingerprint density at radius 1 is 0.742 bits per heavy atom. The molecule has 4 fully saturated rings. The van der Waals surface area contributed by atoms with E-state index in [-0.39, 0.29) is 35.5 Å². The first-order valence-corrected chi connectivity index (χ1v) is 12.4. The van der Waals surface area contributed by atoms with Crippen LogP contribution < -0.4 is 10.6 Å². The zero-order valence-corrected chi connectivity index (χ0v) is 18.3. The molecule has 7 nitrogen and oxygen atoms in total.